The van der Waals surface area contributed by atoms with Crippen LogP contribution in [-0.2, 0) is 6.42 Å². The minimum absolute atomic E-state index is 0.299. The Bertz CT molecular complexity index is 1650. The van der Waals surface area contributed by atoms with Crippen molar-refractivity contribution in [3.05, 3.63) is 102 Å². The van der Waals surface area contributed by atoms with Crippen LogP contribution < -0.4 is 11.1 Å². The van der Waals surface area contributed by atoms with E-state index >= 15 is 4.39 Å². The predicted octanol–water partition coefficient (Wildman–Crippen LogP) is 6.86. The minimum Gasteiger partial charge on any atom is -0.398 e. The van der Waals surface area contributed by atoms with Crippen LogP contribution in [0, 0.1) is 17.6 Å². The molecular weight excluding hydrogens is 482 g/mol. The lowest BCUT2D eigenvalue weighted by Gasteiger charge is -2.28. The van der Waals surface area contributed by atoms with Crippen LogP contribution in [0.3, 0.4) is 0 Å². The molecule has 0 bridgehead atoms. The molecule has 2 aromatic carbocycles. The summed E-state index contributed by atoms with van der Waals surface area (Å²) in [6.45, 7) is 4.15. The molecule has 1 aliphatic carbocycles. The van der Waals surface area contributed by atoms with Gasteiger partial charge in [-0.2, -0.15) is 0 Å². The molecule has 3 aromatic heterocycles. The monoisotopic (exact) mass is 508 g/mol. The standard InChI is InChI=1S/C30H26F2N6/c1-17(18-3-2-4-18)36-23-11-21(15-34-16-23)25-12-20(27(33)14-26(25)32)13-28-37-29-24(9-10-35-30(29)38-28)19-5-7-22(31)8-6-19/h5-12,14-16,18,36H,1-4,13,33H2,(H,35,37,38). The van der Waals surface area contributed by atoms with Crippen molar-refractivity contribution in [3.8, 4) is 22.3 Å². The predicted molar refractivity (Wildman–Crippen MR) is 146 cm³/mol. The summed E-state index contributed by atoms with van der Waals surface area (Å²) in [5, 5.41) is 3.33. The third kappa shape index (κ3) is 4.61. The third-order valence-electron chi connectivity index (χ3n) is 7.14. The van der Waals surface area contributed by atoms with Gasteiger partial charge in [0.25, 0.3) is 0 Å². The molecule has 6 rings (SSSR count). The molecule has 38 heavy (non-hydrogen) atoms. The van der Waals surface area contributed by atoms with E-state index in [1.54, 1.807) is 36.8 Å². The van der Waals surface area contributed by atoms with Gasteiger partial charge in [0, 0.05) is 46.9 Å². The van der Waals surface area contributed by atoms with Gasteiger partial charge in [-0.1, -0.05) is 25.1 Å². The van der Waals surface area contributed by atoms with E-state index in [0.29, 0.717) is 40.6 Å². The number of pyridine rings is 2. The van der Waals surface area contributed by atoms with Crippen molar-refractivity contribution in [2.75, 3.05) is 11.1 Å². The number of nitrogen functional groups attached to an aromatic ring is 1. The molecule has 0 radical (unpaired) electrons. The molecule has 0 amide bonds. The first-order chi connectivity index (χ1) is 18.4. The van der Waals surface area contributed by atoms with Crippen molar-refractivity contribution < 1.29 is 8.78 Å². The van der Waals surface area contributed by atoms with E-state index in [1.165, 1.54) is 24.6 Å². The minimum atomic E-state index is -0.423. The highest BCUT2D eigenvalue weighted by Gasteiger charge is 2.21. The molecule has 6 nitrogen and oxygen atoms in total. The topological polar surface area (TPSA) is 92.5 Å². The fraction of sp³-hybridized carbons (Fsp3) is 0.167. The Morgan fingerprint density at radius 3 is 2.61 bits per heavy atom. The van der Waals surface area contributed by atoms with Gasteiger partial charge in [0.2, 0.25) is 0 Å². The molecule has 190 valence electrons. The van der Waals surface area contributed by atoms with Crippen molar-refractivity contribution in [3.63, 3.8) is 0 Å². The molecule has 4 N–H and O–H groups in total. The van der Waals surface area contributed by atoms with Gasteiger partial charge in [-0.3, -0.25) is 4.98 Å². The van der Waals surface area contributed by atoms with Crippen LogP contribution in [0.5, 0.6) is 0 Å². The summed E-state index contributed by atoms with van der Waals surface area (Å²) in [6.07, 6.45) is 8.86. The second-order valence-corrected chi connectivity index (χ2v) is 9.70. The maximum Gasteiger partial charge on any atom is 0.178 e. The van der Waals surface area contributed by atoms with Crippen LogP contribution in [0.1, 0.15) is 30.7 Å². The van der Waals surface area contributed by atoms with Crippen LogP contribution in [-0.4, -0.2) is 19.9 Å². The first kappa shape index (κ1) is 23.8. The van der Waals surface area contributed by atoms with Gasteiger partial charge in [0.05, 0.1) is 17.4 Å². The van der Waals surface area contributed by atoms with Crippen molar-refractivity contribution in [1.82, 2.24) is 19.9 Å². The highest BCUT2D eigenvalue weighted by atomic mass is 19.1. The molecule has 1 aliphatic rings. The van der Waals surface area contributed by atoms with E-state index in [-0.39, 0.29) is 5.82 Å². The number of rotatable bonds is 7. The zero-order valence-corrected chi connectivity index (χ0v) is 20.6. The number of nitrogens with one attached hydrogen (secondary N) is 2. The maximum absolute atomic E-state index is 15.1. The number of hydrogen-bond donors (Lipinski definition) is 3. The number of fused-ring (bicyclic) bond motifs is 1. The molecule has 0 spiro atoms. The first-order valence-electron chi connectivity index (χ1n) is 12.5. The number of anilines is 2. The lowest BCUT2D eigenvalue weighted by Crippen LogP contribution is -2.18. The van der Waals surface area contributed by atoms with Gasteiger partial charge in [0.15, 0.2) is 5.65 Å². The Labute approximate surface area is 218 Å². The largest absolute Gasteiger partial charge is 0.398 e. The number of aromatic nitrogens is 4. The molecule has 0 saturated heterocycles. The van der Waals surface area contributed by atoms with Gasteiger partial charge in [-0.05, 0) is 66.3 Å². The molecule has 5 aromatic rings. The molecule has 0 atom stereocenters. The van der Waals surface area contributed by atoms with E-state index in [0.717, 1.165) is 46.4 Å². The van der Waals surface area contributed by atoms with Crippen LogP contribution >= 0.6 is 0 Å². The fourth-order valence-electron chi connectivity index (χ4n) is 4.80. The van der Waals surface area contributed by atoms with Gasteiger partial charge >= 0.3 is 0 Å². The Morgan fingerprint density at radius 1 is 1.03 bits per heavy atom. The van der Waals surface area contributed by atoms with E-state index in [4.69, 9.17) is 5.73 Å². The Kier molecular flexibility index (Phi) is 6.07. The third-order valence-corrected chi connectivity index (χ3v) is 7.14. The summed E-state index contributed by atoms with van der Waals surface area (Å²) in [7, 11) is 0. The fourth-order valence-corrected chi connectivity index (χ4v) is 4.80. The van der Waals surface area contributed by atoms with Crippen LogP contribution in [0.2, 0.25) is 0 Å². The molecule has 8 heteroatoms. The van der Waals surface area contributed by atoms with Crippen LogP contribution in [0.15, 0.2) is 79.4 Å². The molecule has 1 fully saturated rings. The van der Waals surface area contributed by atoms with E-state index < -0.39 is 5.82 Å². The van der Waals surface area contributed by atoms with E-state index in [9.17, 15) is 4.39 Å². The lowest BCUT2D eigenvalue weighted by atomic mass is 9.83. The SMILES string of the molecule is C=C(Nc1cncc(-c2cc(Cc3nc4nccc(-c5ccc(F)cc5)c4[nH]3)c(N)cc2F)c1)C1CCC1. The van der Waals surface area contributed by atoms with Crippen molar-refractivity contribution >= 4 is 22.5 Å². The average Bonchev–Trinajstić information content (AvgIpc) is 3.28. The van der Waals surface area contributed by atoms with E-state index in [2.05, 4.69) is 31.8 Å². The normalized spacial score (nSPS) is 13.4. The molecule has 3 heterocycles. The number of benzene rings is 2. The number of nitrogens with two attached hydrogens (primary N) is 1. The van der Waals surface area contributed by atoms with Gasteiger partial charge in [0.1, 0.15) is 17.5 Å². The first-order valence-corrected chi connectivity index (χ1v) is 12.5. The quantitative estimate of drug-likeness (QED) is 0.209. The maximum atomic E-state index is 15.1. The smallest absolute Gasteiger partial charge is 0.178 e. The number of imidazole rings is 1. The summed E-state index contributed by atoms with van der Waals surface area (Å²) in [5.41, 5.74) is 13.0. The highest BCUT2D eigenvalue weighted by molar-refractivity contribution is 5.89. The summed E-state index contributed by atoms with van der Waals surface area (Å²) >= 11 is 0. The van der Waals surface area contributed by atoms with Crippen molar-refractivity contribution in [2.24, 2.45) is 5.92 Å². The number of halogens is 2. The van der Waals surface area contributed by atoms with Crippen LogP contribution in [0.25, 0.3) is 33.4 Å². The second kappa shape index (κ2) is 9.70. The number of H-pyrrole nitrogens is 1. The summed E-state index contributed by atoms with van der Waals surface area (Å²) < 4.78 is 28.5. The second-order valence-electron chi connectivity index (χ2n) is 9.70. The summed E-state index contributed by atoms with van der Waals surface area (Å²) in [6, 6.07) is 13.1. The average molecular weight is 509 g/mol. The zero-order chi connectivity index (χ0) is 26.2. The highest BCUT2D eigenvalue weighted by Crippen LogP contribution is 2.34. The lowest BCUT2D eigenvalue weighted by molar-refractivity contribution is 0.371. The van der Waals surface area contributed by atoms with Gasteiger partial charge in [-0.25, -0.2) is 18.7 Å². The zero-order valence-electron chi connectivity index (χ0n) is 20.6. The Balaban J connectivity index is 1.30. The summed E-state index contributed by atoms with van der Waals surface area (Å²) in [5.74, 6) is 0.386. The molecule has 1 saturated carbocycles. The molecule has 0 unspecified atom stereocenters. The van der Waals surface area contributed by atoms with Crippen molar-refractivity contribution in [1.29, 1.82) is 0 Å². The number of aromatic amines is 1. The Morgan fingerprint density at radius 2 is 1.84 bits per heavy atom. The molecule has 0 aliphatic heterocycles. The van der Waals surface area contributed by atoms with Gasteiger partial charge in [-0.15, -0.1) is 0 Å². The number of allylic oxidation sites excluding steroid dienone is 1. The Hall–Kier alpha value is -4.59. The van der Waals surface area contributed by atoms with E-state index in [1.807, 2.05) is 12.1 Å². The van der Waals surface area contributed by atoms with Crippen LogP contribution in [0.4, 0.5) is 20.2 Å². The van der Waals surface area contributed by atoms with Gasteiger partial charge < -0.3 is 16.0 Å². The summed E-state index contributed by atoms with van der Waals surface area (Å²) in [4.78, 5) is 16.7. The molecular formula is C30H26F2N6. The number of hydrogen-bond acceptors (Lipinski definition) is 5. The number of nitrogens with zero attached hydrogens (tertiary/aromatic N) is 3. The van der Waals surface area contributed by atoms with Crippen molar-refractivity contribution in [2.45, 2.75) is 25.7 Å².